The molecule has 1 amide bonds. The lowest BCUT2D eigenvalue weighted by molar-refractivity contribution is -0.132. The molecule has 0 unspecified atom stereocenters. The Kier molecular flexibility index (Phi) is 4.72. The van der Waals surface area contributed by atoms with E-state index in [1.807, 2.05) is 30.3 Å². The number of carbonyl (C=O) groups excluding carboxylic acids is 1. The van der Waals surface area contributed by atoms with Crippen LogP contribution in [-0.4, -0.2) is 34.0 Å². The molecule has 0 fully saturated rings. The van der Waals surface area contributed by atoms with Crippen LogP contribution in [0.3, 0.4) is 0 Å². The van der Waals surface area contributed by atoms with E-state index >= 15 is 0 Å². The minimum absolute atomic E-state index is 0.199. The highest BCUT2D eigenvalue weighted by Gasteiger charge is 2.21. The van der Waals surface area contributed by atoms with E-state index in [1.54, 1.807) is 25.4 Å². The maximum atomic E-state index is 12.3. The van der Waals surface area contributed by atoms with E-state index in [2.05, 4.69) is 10.1 Å². The van der Waals surface area contributed by atoms with Crippen LogP contribution in [0.1, 0.15) is 11.7 Å². The molecule has 3 rings (SSSR count). The van der Waals surface area contributed by atoms with Crippen LogP contribution in [0.5, 0.6) is 0 Å². The summed E-state index contributed by atoms with van der Waals surface area (Å²) < 4.78 is 10.4. The third kappa shape index (κ3) is 3.69. The van der Waals surface area contributed by atoms with Crippen molar-refractivity contribution in [2.75, 3.05) is 7.05 Å². The summed E-state index contributed by atoms with van der Waals surface area (Å²) in [6.45, 7) is 0.199. The van der Waals surface area contributed by atoms with Crippen LogP contribution in [0.15, 0.2) is 57.7 Å². The molecular weight excluding hydrogens is 308 g/mol. The summed E-state index contributed by atoms with van der Waals surface area (Å²) in [5.74, 6) is 1.31. The van der Waals surface area contributed by atoms with E-state index in [1.165, 1.54) is 4.90 Å². The van der Waals surface area contributed by atoms with Crippen molar-refractivity contribution in [1.82, 2.24) is 15.0 Å². The standard InChI is InChI=1S/C17H18N4O3/c1-21(17(22)14(18)10-13-8-5-9-23-13)11-15-19-16(20-24-15)12-6-3-2-4-7-12/h2-9,14H,10-11,18H2,1H3/t14-/m1/s1. The van der Waals surface area contributed by atoms with Crippen molar-refractivity contribution in [3.63, 3.8) is 0 Å². The van der Waals surface area contributed by atoms with Crippen LogP contribution in [0.25, 0.3) is 11.4 Å². The number of hydrogen-bond donors (Lipinski definition) is 1. The van der Waals surface area contributed by atoms with Crippen molar-refractivity contribution in [2.45, 2.75) is 19.0 Å². The fourth-order valence-electron chi connectivity index (χ4n) is 2.32. The van der Waals surface area contributed by atoms with Gasteiger partial charge in [-0.05, 0) is 12.1 Å². The highest BCUT2D eigenvalue weighted by molar-refractivity contribution is 5.81. The minimum atomic E-state index is -0.683. The molecule has 2 aromatic heterocycles. The smallest absolute Gasteiger partial charge is 0.246 e. The minimum Gasteiger partial charge on any atom is -0.469 e. The van der Waals surface area contributed by atoms with Gasteiger partial charge >= 0.3 is 0 Å². The van der Waals surface area contributed by atoms with E-state index in [0.717, 1.165) is 5.56 Å². The van der Waals surface area contributed by atoms with Crippen molar-refractivity contribution in [2.24, 2.45) is 5.73 Å². The van der Waals surface area contributed by atoms with Gasteiger partial charge in [0.2, 0.25) is 17.6 Å². The van der Waals surface area contributed by atoms with E-state index < -0.39 is 6.04 Å². The Hall–Kier alpha value is -2.93. The van der Waals surface area contributed by atoms with Crippen LogP contribution < -0.4 is 5.73 Å². The zero-order valence-electron chi connectivity index (χ0n) is 13.3. The maximum Gasteiger partial charge on any atom is 0.246 e. The second kappa shape index (κ2) is 7.10. The van der Waals surface area contributed by atoms with Gasteiger partial charge in [-0.3, -0.25) is 4.79 Å². The first kappa shape index (κ1) is 15.9. The summed E-state index contributed by atoms with van der Waals surface area (Å²) in [7, 11) is 1.65. The molecule has 0 aliphatic rings. The van der Waals surface area contributed by atoms with Crippen LogP contribution >= 0.6 is 0 Å². The van der Waals surface area contributed by atoms with E-state index in [4.69, 9.17) is 14.7 Å². The van der Waals surface area contributed by atoms with E-state index in [-0.39, 0.29) is 12.5 Å². The summed E-state index contributed by atoms with van der Waals surface area (Å²) in [6, 6.07) is 12.4. The second-order valence-electron chi connectivity index (χ2n) is 5.46. The summed E-state index contributed by atoms with van der Waals surface area (Å²) >= 11 is 0. The molecule has 0 aliphatic heterocycles. The van der Waals surface area contributed by atoms with Crippen molar-refractivity contribution in [3.8, 4) is 11.4 Å². The second-order valence-corrected chi connectivity index (χ2v) is 5.46. The summed E-state index contributed by atoms with van der Waals surface area (Å²) in [5, 5.41) is 3.93. The van der Waals surface area contributed by atoms with Crippen molar-refractivity contribution in [3.05, 3.63) is 60.4 Å². The predicted octanol–water partition coefficient (Wildman–Crippen LogP) is 1.86. The van der Waals surface area contributed by atoms with Crippen LogP contribution in [0, 0.1) is 0 Å². The Bertz CT molecular complexity index is 783. The predicted molar refractivity (Wildman–Crippen MR) is 86.6 cm³/mol. The normalized spacial score (nSPS) is 12.1. The third-order valence-corrected chi connectivity index (χ3v) is 3.57. The number of likely N-dealkylation sites (N-methyl/N-ethyl adjacent to an activating group) is 1. The number of amides is 1. The van der Waals surface area contributed by atoms with Gasteiger partial charge in [-0.15, -0.1) is 0 Å². The fraction of sp³-hybridized carbons (Fsp3) is 0.235. The topological polar surface area (TPSA) is 98.4 Å². The van der Waals surface area contributed by atoms with Gasteiger partial charge in [0, 0.05) is 19.0 Å². The van der Waals surface area contributed by atoms with Gasteiger partial charge in [-0.25, -0.2) is 0 Å². The average molecular weight is 326 g/mol. The van der Waals surface area contributed by atoms with Gasteiger partial charge in [-0.1, -0.05) is 35.5 Å². The molecular formula is C17H18N4O3. The molecule has 0 saturated heterocycles. The van der Waals surface area contributed by atoms with Gasteiger partial charge in [0.05, 0.1) is 18.8 Å². The van der Waals surface area contributed by atoms with Crippen LogP contribution in [0.4, 0.5) is 0 Å². The molecule has 1 atom stereocenters. The van der Waals surface area contributed by atoms with Crippen molar-refractivity contribution < 1.29 is 13.7 Å². The average Bonchev–Trinajstić information content (AvgIpc) is 3.27. The number of carbonyl (C=O) groups is 1. The third-order valence-electron chi connectivity index (χ3n) is 3.57. The lowest BCUT2D eigenvalue weighted by atomic mass is 10.1. The molecule has 0 radical (unpaired) electrons. The number of benzene rings is 1. The molecule has 0 spiro atoms. The van der Waals surface area contributed by atoms with Crippen LogP contribution in [0.2, 0.25) is 0 Å². The Labute approximate surface area is 139 Å². The number of hydrogen-bond acceptors (Lipinski definition) is 6. The highest BCUT2D eigenvalue weighted by Crippen LogP contribution is 2.15. The molecule has 2 heterocycles. The molecule has 24 heavy (non-hydrogen) atoms. The van der Waals surface area contributed by atoms with Crippen molar-refractivity contribution >= 4 is 5.91 Å². The van der Waals surface area contributed by atoms with Gasteiger partial charge in [0.1, 0.15) is 5.76 Å². The fourth-order valence-corrected chi connectivity index (χ4v) is 2.32. The molecule has 124 valence electrons. The highest BCUT2D eigenvalue weighted by atomic mass is 16.5. The molecule has 2 N–H and O–H groups in total. The molecule has 3 aromatic rings. The monoisotopic (exact) mass is 326 g/mol. The molecule has 7 nitrogen and oxygen atoms in total. The zero-order chi connectivity index (χ0) is 16.9. The first-order valence-corrected chi connectivity index (χ1v) is 7.54. The first-order chi connectivity index (χ1) is 11.6. The summed E-state index contributed by atoms with van der Waals surface area (Å²) in [5.41, 5.74) is 6.80. The van der Waals surface area contributed by atoms with Gasteiger partial charge in [-0.2, -0.15) is 4.98 Å². The lowest BCUT2D eigenvalue weighted by Crippen LogP contribution is -2.42. The Morgan fingerprint density at radius 3 is 2.75 bits per heavy atom. The first-order valence-electron chi connectivity index (χ1n) is 7.54. The van der Waals surface area contributed by atoms with E-state index in [9.17, 15) is 4.79 Å². The number of rotatable bonds is 6. The summed E-state index contributed by atoms with van der Waals surface area (Å²) in [6.07, 6.45) is 1.90. The number of furan rings is 1. The largest absolute Gasteiger partial charge is 0.469 e. The van der Waals surface area contributed by atoms with E-state index in [0.29, 0.717) is 23.9 Å². The zero-order valence-corrected chi connectivity index (χ0v) is 13.3. The van der Waals surface area contributed by atoms with Crippen molar-refractivity contribution in [1.29, 1.82) is 0 Å². The van der Waals surface area contributed by atoms with Gasteiger partial charge in [0.25, 0.3) is 0 Å². The number of nitrogens with two attached hydrogens (primary N) is 1. The number of aromatic nitrogens is 2. The molecule has 7 heteroatoms. The molecule has 0 saturated carbocycles. The molecule has 0 bridgehead atoms. The summed E-state index contributed by atoms with van der Waals surface area (Å²) in [4.78, 5) is 18.1. The molecule has 0 aliphatic carbocycles. The molecule has 1 aromatic carbocycles. The quantitative estimate of drug-likeness (QED) is 0.742. The SMILES string of the molecule is CN(Cc1nc(-c2ccccc2)no1)C(=O)[C@H](N)Cc1ccco1. The lowest BCUT2D eigenvalue weighted by Gasteiger charge is -2.18. The maximum absolute atomic E-state index is 12.3. The number of nitrogens with zero attached hydrogens (tertiary/aromatic N) is 3. The van der Waals surface area contributed by atoms with Gasteiger partial charge in [0.15, 0.2) is 0 Å². The Balaban J connectivity index is 1.61. The Morgan fingerprint density at radius 1 is 1.25 bits per heavy atom. The Morgan fingerprint density at radius 2 is 2.04 bits per heavy atom. The van der Waals surface area contributed by atoms with Gasteiger partial charge < -0.3 is 19.6 Å². The van der Waals surface area contributed by atoms with Crippen LogP contribution in [-0.2, 0) is 17.8 Å².